The second kappa shape index (κ2) is 8.82. The highest BCUT2D eigenvalue weighted by Gasteiger charge is 2.16. The SMILES string of the molecule is CCNc1cnc(C(=O)N(CCC#N)CCOC)cn1. The zero-order valence-corrected chi connectivity index (χ0v) is 11.8. The highest BCUT2D eigenvalue weighted by atomic mass is 16.5. The number of ether oxygens (including phenoxy) is 1. The van der Waals surface area contributed by atoms with Gasteiger partial charge in [0.1, 0.15) is 11.5 Å². The number of hydrogen-bond acceptors (Lipinski definition) is 6. The van der Waals surface area contributed by atoms with Crippen LogP contribution in [0.15, 0.2) is 12.4 Å². The van der Waals surface area contributed by atoms with Gasteiger partial charge in [0.05, 0.1) is 31.5 Å². The van der Waals surface area contributed by atoms with Gasteiger partial charge in [0.25, 0.3) is 5.91 Å². The molecule has 7 heteroatoms. The van der Waals surface area contributed by atoms with Crippen LogP contribution in [-0.2, 0) is 4.74 Å². The van der Waals surface area contributed by atoms with Crippen molar-refractivity contribution in [3.63, 3.8) is 0 Å². The lowest BCUT2D eigenvalue weighted by atomic mass is 10.3. The molecule has 0 aliphatic heterocycles. The molecular formula is C13H19N5O2. The minimum absolute atomic E-state index is 0.243. The largest absolute Gasteiger partial charge is 0.383 e. The first-order valence-corrected chi connectivity index (χ1v) is 6.44. The molecule has 1 aromatic heterocycles. The molecule has 108 valence electrons. The molecule has 0 spiro atoms. The number of anilines is 1. The summed E-state index contributed by atoms with van der Waals surface area (Å²) in [5, 5.41) is 11.6. The number of rotatable bonds is 8. The molecule has 1 aromatic rings. The van der Waals surface area contributed by atoms with Crippen LogP contribution in [0.3, 0.4) is 0 Å². The van der Waals surface area contributed by atoms with Crippen molar-refractivity contribution in [2.24, 2.45) is 0 Å². The van der Waals surface area contributed by atoms with Crippen molar-refractivity contribution in [1.82, 2.24) is 14.9 Å². The molecule has 0 aliphatic carbocycles. The quantitative estimate of drug-likeness (QED) is 0.759. The second-order valence-corrected chi connectivity index (χ2v) is 4.01. The molecule has 1 amide bonds. The Bertz CT molecular complexity index is 455. The fourth-order valence-electron chi connectivity index (χ4n) is 1.57. The molecule has 1 N–H and O–H groups in total. The van der Waals surface area contributed by atoms with Crippen molar-refractivity contribution < 1.29 is 9.53 Å². The third-order valence-corrected chi connectivity index (χ3v) is 2.57. The Hall–Kier alpha value is -2.20. The van der Waals surface area contributed by atoms with Gasteiger partial charge in [-0.1, -0.05) is 0 Å². The summed E-state index contributed by atoms with van der Waals surface area (Å²) in [6.45, 7) is 3.89. The van der Waals surface area contributed by atoms with Gasteiger partial charge in [-0.3, -0.25) is 4.79 Å². The van der Waals surface area contributed by atoms with E-state index in [1.807, 2.05) is 13.0 Å². The predicted octanol–water partition coefficient (Wildman–Crippen LogP) is 0.911. The van der Waals surface area contributed by atoms with Gasteiger partial charge in [0.2, 0.25) is 0 Å². The summed E-state index contributed by atoms with van der Waals surface area (Å²) in [5.41, 5.74) is 0.265. The molecule has 0 saturated carbocycles. The number of nitriles is 1. The molecule has 0 fully saturated rings. The van der Waals surface area contributed by atoms with E-state index in [1.165, 1.54) is 12.4 Å². The van der Waals surface area contributed by atoms with Gasteiger partial charge in [-0.25, -0.2) is 9.97 Å². The molecule has 1 heterocycles. The Morgan fingerprint density at radius 3 is 2.80 bits per heavy atom. The summed E-state index contributed by atoms with van der Waals surface area (Å²) in [5.74, 6) is 0.386. The smallest absolute Gasteiger partial charge is 0.274 e. The summed E-state index contributed by atoms with van der Waals surface area (Å²) < 4.78 is 4.97. The van der Waals surface area contributed by atoms with Crippen LogP contribution in [0.2, 0.25) is 0 Å². The van der Waals surface area contributed by atoms with Crippen molar-refractivity contribution in [3.05, 3.63) is 18.1 Å². The van der Waals surface area contributed by atoms with Gasteiger partial charge in [-0.05, 0) is 6.92 Å². The van der Waals surface area contributed by atoms with E-state index in [1.54, 1.807) is 12.0 Å². The Balaban J connectivity index is 2.74. The van der Waals surface area contributed by atoms with Crippen LogP contribution in [0.25, 0.3) is 0 Å². The summed E-state index contributed by atoms with van der Waals surface area (Å²) in [6, 6.07) is 2.03. The zero-order chi connectivity index (χ0) is 14.8. The van der Waals surface area contributed by atoms with Crippen LogP contribution in [0.4, 0.5) is 5.82 Å². The molecule has 0 saturated heterocycles. The number of nitrogens with one attached hydrogen (secondary N) is 1. The van der Waals surface area contributed by atoms with Crippen molar-refractivity contribution in [1.29, 1.82) is 5.26 Å². The Kier molecular flexibility index (Phi) is 7.00. The minimum Gasteiger partial charge on any atom is -0.383 e. The summed E-state index contributed by atoms with van der Waals surface area (Å²) >= 11 is 0. The fourth-order valence-corrected chi connectivity index (χ4v) is 1.57. The third kappa shape index (κ3) is 4.82. The first-order chi connectivity index (χ1) is 9.72. The van der Waals surface area contributed by atoms with Gasteiger partial charge in [-0.15, -0.1) is 0 Å². The second-order valence-electron chi connectivity index (χ2n) is 4.01. The molecule has 0 unspecified atom stereocenters. The molecule has 1 rings (SSSR count). The number of nitrogens with zero attached hydrogens (tertiary/aromatic N) is 4. The van der Waals surface area contributed by atoms with Gasteiger partial charge in [0.15, 0.2) is 0 Å². The van der Waals surface area contributed by atoms with E-state index in [0.29, 0.717) is 25.5 Å². The maximum atomic E-state index is 12.3. The zero-order valence-electron chi connectivity index (χ0n) is 11.8. The van der Waals surface area contributed by atoms with Crippen LogP contribution in [0.1, 0.15) is 23.8 Å². The number of methoxy groups -OCH3 is 1. The number of carbonyl (C=O) groups excluding carboxylic acids is 1. The topological polar surface area (TPSA) is 91.1 Å². The molecule has 0 radical (unpaired) electrons. The Labute approximate surface area is 118 Å². The number of amides is 1. The molecule has 0 aliphatic rings. The normalized spacial score (nSPS) is 9.85. The van der Waals surface area contributed by atoms with E-state index in [4.69, 9.17) is 10.00 Å². The minimum atomic E-state index is -0.243. The highest BCUT2D eigenvalue weighted by Crippen LogP contribution is 2.05. The molecule has 7 nitrogen and oxygen atoms in total. The molecule has 20 heavy (non-hydrogen) atoms. The monoisotopic (exact) mass is 277 g/mol. The molecular weight excluding hydrogens is 258 g/mol. The average molecular weight is 277 g/mol. The van der Waals surface area contributed by atoms with Gasteiger partial charge < -0.3 is 15.0 Å². The summed E-state index contributed by atoms with van der Waals surface area (Å²) in [6.07, 6.45) is 3.24. The molecule has 0 bridgehead atoms. The van der Waals surface area contributed by atoms with Crippen LogP contribution in [-0.4, -0.2) is 54.1 Å². The molecule has 0 aromatic carbocycles. The van der Waals surface area contributed by atoms with E-state index in [9.17, 15) is 4.79 Å². The van der Waals surface area contributed by atoms with E-state index >= 15 is 0 Å². The maximum Gasteiger partial charge on any atom is 0.274 e. The Morgan fingerprint density at radius 1 is 1.45 bits per heavy atom. The number of aromatic nitrogens is 2. The van der Waals surface area contributed by atoms with Gasteiger partial charge in [-0.2, -0.15) is 5.26 Å². The van der Waals surface area contributed by atoms with E-state index in [0.717, 1.165) is 6.54 Å². The van der Waals surface area contributed by atoms with Gasteiger partial charge in [0, 0.05) is 26.7 Å². The summed E-state index contributed by atoms with van der Waals surface area (Å²) in [4.78, 5) is 22.0. The first kappa shape index (κ1) is 15.9. The Morgan fingerprint density at radius 2 is 2.25 bits per heavy atom. The van der Waals surface area contributed by atoms with Crippen LogP contribution in [0.5, 0.6) is 0 Å². The lowest BCUT2D eigenvalue weighted by Crippen LogP contribution is -2.35. The standard InChI is InChI=1S/C13H19N5O2/c1-3-15-12-10-16-11(9-17-12)13(19)18(6-4-5-14)7-8-20-2/h9-10H,3-4,6-8H2,1-2H3,(H,15,17). The van der Waals surface area contributed by atoms with E-state index in [2.05, 4.69) is 15.3 Å². The van der Waals surface area contributed by atoms with Gasteiger partial charge >= 0.3 is 0 Å². The number of carbonyl (C=O) groups is 1. The van der Waals surface area contributed by atoms with Crippen LogP contribution < -0.4 is 5.32 Å². The summed E-state index contributed by atoms with van der Waals surface area (Å²) in [7, 11) is 1.57. The average Bonchev–Trinajstić information content (AvgIpc) is 2.48. The van der Waals surface area contributed by atoms with Crippen molar-refractivity contribution >= 4 is 11.7 Å². The van der Waals surface area contributed by atoms with E-state index < -0.39 is 0 Å². The van der Waals surface area contributed by atoms with Crippen molar-refractivity contribution in [2.75, 3.05) is 38.7 Å². The maximum absolute atomic E-state index is 12.3. The third-order valence-electron chi connectivity index (χ3n) is 2.57. The van der Waals surface area contributed by atoms with Crippen LogP contribution in [0, 0.1) is 11.3 Å². The predicted molar refractivity (Wildman–Crippen MR) is 74.2 cm³/mol. The van der Waals surface area contributed by atoms with Crippen molar-refractivity contribution in [3.8, 4) is 6.07 Å². The first-order valence-electron chi connectivity index (χ1n) is 6.44. The molecule has 0 atom stereocenters. The van der Waals surface area contributed by atoms with Crippen LogP contribution >= 0.6 is 0 Å². The van der Waals surface area contributed by atoms with Crippen molar-refractivity contribution in [2.45, 2.75) is 13.3 Å². The highest BCUT2D eigenvalue weighted by molar-refractivity contribution is 5.92. The number of hydrogen-bond donors (Lipinski definition) is 1. The lowest BCUT2D eigenvalue weighted by molar-refractivity contribution is 0.0693. The lowest BCUT2D eigenvalue weighted by Gasteiger charge is -2.20. The fraction of sp³-hybridized carbons (Fsp3) is 0.538. The van der Waals surface area contributed by atoms with E-state index in [-0.39, 0.29) is 18.0 Å².